The van der Waals surface area contributed by atoms with Crippen LogP contribution in [0, 0.1) is 24.0 Å². The van der Waals surface area contributed by atoms with E-state index in [1.54, 1.807) is 25.1 Å². The fraction of sp³-hybridized carbons (Fsp3) is 0.111. The van der Waals surface area contributed by atoms with E-state index in [1.165, 1.54) is 12.1 Å². The summed E-state index contributed by atoms with van der Waals surface area (Å²) < 4.78 is 0. The van der Waals surface area contributed by atoms with Crippen LogP contribution in [0.5, 0.6) is 0 Å². The van der Waals surface area contributed by atoms with Crippen molar-refractivity contribution in [2.75, 3.05) is 5.32 Å². The van der Waals surface area contributed by atoms with Crippen LogP contribution in [0.25, 0.3) is 6.08 Å². The molecule has 0 saturated carbocycles. The zero-order valence-corrected chi connectivity index (χ0v) is 14.6. The number of hydrogen-bond acceptors (Lipinski definition) is 4. The minimum Gasteiger partial charge on any atom is -0.327 e. The Hall–Kier alpha value is -3.06. The molecule has 0 aliphatic carbocycles. The van der Waals surface area contributed by atoms with Crippen LogP contribution in [0.15, 0.2) is 48.5 Å². The number of anilines is 1. The second-order valence-electron chi connectivity index (χ2n) is 5.47. The van der Waals surface area contributed by atoms with Gasteiger partial charge in [-0.3, -0.25) is 20.2 Å². The van der Waals surface area contributed by atoms with Gasteiger partial charge in [0.05, 0.1) is 4.92 Å². The molecule has 2 rings (SSSR count). The first kappa shape index (κ1) is 18.3. The first-order valence-electron chi connectivity index (χ1n) is 7.47. The number of thiocarbonyl (C=S) groups is 1. The summed E-state index contributed by atoms with van der Waals surface area (Å²) in [6.45, 7) is 3.74. The molecule has 0 unspecified atom stereocenters. The van der Waals surface area contributed by atoms with Gasteiger partial charge in [0.1, 0.15) is 5.69 Å². The molecule has 0 fully saturated rings. The largest absolute Gasteiger partial charge is 0.327 e. The molecule has 2 aromatic carbocycles. The molecule has 0 heterocycles. The molecule has 0 aromatic heterocycles. The van der Waals surface area contributed by atoms with Gasteiger partial charge in [-0.1, -0.05) is 35.9 Å². The maximum atomic E-state index is 11.9. The van der Waals surface area contributed by atoms with E-state index in [0.717, 1.165) is 16.7 Å². The predicted molar refractivity (Wildman–Crippen MR) is 102 cm³/mol. The summed E-state index contributed by atoms with van der Waals surface area (Å²) in [4.78, 5) is 22.5. The van der Waals surface area contributed by atoms with Gasteiger partial charge in [0.2, 0.25) is 5.91 Å². The van der Waals surface area contributed by atoms with Crippen molar-refractivity contribution in [2.45, 2.75) is 13.8 Å². The summed E-state index contributed by atoms with van der Waals surface area (Å²) in [5, 5.41) is 16.2. The van der Waals surface area contributed by atoms with Crippen LogP contribution in [0.2, 0.25) is 0 Å². The molecule has 0 radical (unpaired) electrons. The maximum absolute atomic E-state index is 11.9. The Morgan fingerprint density at radius 2 is 1.76 bits per heavy atom. The average molecular weight is 355 g/mol. The second-order valence-corrected chi connectivity index (χ2v) is 5.87. The Kier molecular flexibility index (Phi) is 5.97. The van der Waals surface area contributed by atoms with E-state index in [-0.39, 0.29) is 16.5 Å². The summed E-state index contributed by atoms with van der Waals surface area (Å²) in [5.41, 5.74) is 2.89. The normalized spacial score (nSPS) is 10.5. The van der Waals surface area contributed by atoms with Crippen LogP contribution in [-0.4, -0.2) is 15.9 Å². The highest BCUT2D eigenvalue weighted by Gasteiger charge is 2.15. The molecule has 2 N–H and O–H groups in total. The Morgan fingerprint density at radius 1 is 1.12 bits per heavy atom. The Balaban J connectivity index is 1.99. The van der Waals surface area contributed by atoms with Crippen molar-refractivity contribution in [3.63, 3.8) is 0 Å². The summed E-state index contributed by atoms with van der Waals surface area (Å²) in [7, 11) is 0. The van der Waals surface area contributed by atoms with Crippen molar-refractivity contribution >= 4 is 40.7 Å². The van der Waals surface area contributed by atoms with Gasteiger partial charge in [0, 0.05) is 12.1 Å². The Labute approximate surface area is 150 Å². The number of benzene rings is 2. The first-order valence-corrected chi connectivity index (χ1v) is 7.88. The fourth-order valence-corrected chi connectivity index (χ4v) is 2.27. The average Bonchev–Trinajstić information content (AvgIpc) is 2.55. The quantitative estimate of drug-likeness (QED) is 0.378. The first-order chi connectivity index (χ1) is 11.8. The van der Waals surface area contributed by atoms with Crippen molar-refractivity contribution in [2.24, 2.45) is 0 Å². The van der Waals surface area contributed by atoms with Crippen molar-refractivity contribution in [1.29, 1.82) is 0 Å². The monoisotopic (exact) mass is 355 g/mol. The number of rotatable bonds is 4. The van der Waals surface area contributed by atoms with Crippen molar-refractivity contribution in [3.8, 4) is 0 Å². The van der Waals surface area contributed by atoms with Crippen molar-refractivity contribution in [3.05, 3.63) is 75.3 Å². The van der Waals surface area contributed by atoms with Crippen LogP contribution in [-0.2, 0) is 4.79 Å². The smallest absolute Gasteiger partial charge is 0.292 e. The van der Waals surface area contributed by atoms with E-state index in [1.807, 2.05) is 31.2 Å². The number of carbonyl (C=O) groups excluding carboxylic acids is 1. The number of nitro benzene ring substituents is 1. The number of carbonyl (C=O) groups is 1. The number of hydrogen-bond donors (Lipinski definition) is 2. The molecule has 6 nitrogen and oxygen atoms in total. The molecule has 1 amide bonds. The molecule has 7 heteroatoms. The van der Waals surface area contributed by atoms with Gasteiger partial charge in [0.15, 0.2) is 5.11 Å². The summed E-state index contributed by atoms with van der Waals surface area (Å²) in [5.74, 6) is -0.423. The van der Waals surface area contributed by atoms with Crippen LogP contribution >= 0.6 is 12.2 Å². The molecule has 25 heavy (non-hydrogen) atoms. The van der Waals surface area contributed by atoms with Gasteiger partial charge in [-0.05, 0) is 49.3 Å². The predicted octanol–water partition coefficient (Wildman–Crippen LogP) is 3.74. The number of aryl methyl sites for hydroxylation is 2. The van der Waals surface area contributed by atoms with Gasteiger partial charge in [0.25, 0.3) is 5.69 Å². The summed E-state index contributed by atoms with van der Waals surface area (Å²) in [6, 6.07) is 12.4. The lowest BCUT2D eigenvalue weighted by Crippen LogP contribution is -2.33. The molecule has 0 saturated heterocycles. The fourth-order valence-electron chi connectivity index (χ4n) is 2.06. The highest BCUT2D eigenvalue weighted by atomic mass is 32.1. The van der Waals surface area contributed by atoms with Gasteiger partial charge >= 0.3 is 0 Å². The lowest BCUT2D eigenvalue weighted by Gasteiger charge is -2.09. The Bertz CT molecular complexity index is 845. The SMILES string of the molecule is Cc1ccc(/C=C/C(=O)NC(=S)Nc2ccc(C)cc2[N+](=O)[O-])cc1. The topological polar surface area (TPSA) is 84.3 Å². The summed E-state index contributed by atoms with van der Waals surface area (Å²) in [6.07, 6.45) is 3.01. The van der Waals surface area contributed by atoms with Crippen LogP contribution in [0.4, 0.5) is 11.4 Å². The minimum atomic E-state index is -0.503. The zero-order valence-electron chi connectivity index (χ0n) is 13.8. The summed E-state index contributed by atoms with van der Waals surface area (Å²) >= 11 is 5.04. The van der Waals surface area contributed by atoms with E-state index < -0.39 is 10.8 Å². The van der Waals surface area contributed by atoms with E-state index in [9.17, 15) is 14.9 Å². The van der Waals surface area contributed by atoms with E-state index in [4.69, 9.17) is 12.2 Å². The van der Waals surface area contributed by atoms with Crippen LogP contribution in [0.1, 0.15) is 16.7 Å². The molecule has 2 aromatic rings. The van der Waals surface area contributed by atoms with Gasteiger partial charge in [-0.2, -0.15) is 0 Å². The minimum absolute atomic E-state index is 0.00879. The number of amides is 1. The highest BCUT2D eigenvalue weighted by molar-refractivity contribution is 7.80. The maximum Gasteiger partial charge on any atom is 0.292 e. The molecule has 0 atom stereocenters. The molecular weight excluding hydrogens is 338 g/mol. The number of nitrogens with zero attached hydrogens (tertiary/aromatic N) is 1. The molecule has 0 bridgehead atoms. The lowest BCUT2D eigenvalue weighted by molar-refractivity contribution is -0.383. The molecule has 0 aliphatic rings. The molecular formula is C18H17N3O3S. The number of nitrogens with one attached hydrogen (secondary N) is 2. The lowest BCUT2D eigenvalue weighted by atomic mass is 10.1. The van der Waals surface area contributed by atoms with E-state index >= 15 is 0 Å². The number of nitro groups is 1. The molecule has 0 spiro atoms. The second kappa shape index (κ2) is 8.16. The van der Waals surface area contributed by atoms with E-state index in [2.05, 4.69) is 10.6 Å². The van der Waals surface area contributed by atoms with Gasteiger partial charge in [-0.15, -0.1) is 0 Å². The van der Waals surface area contributed by atoms with Gasteiger partial charge in [-0.25, -0.2) is 0 Å². The van der Waals surface area contributed by atoms with Gasteiger partial charge < -0.3 is 5.32 Å². The van der Waals surface area contributed by atoms with Crippen molar-refractivity contribution in [1.82, 2.24) is 5.32 Å². The standard InChI is InChI=1S/C18H17N3O3S/c1-12-3-6-14(7-4-12)8-10-17(22)20-18(25)19-15-9-5-13(2)11-16(15)21(23)24/h3-11H,1-2H3,(H2,19,20,22,25)/b10-8+. The molecule has 0 aliphatic heterocycles. The van der Waals surface area contributed by atoms with Crippen molar-refractivity contribution < 1.29 is 9.72 Å². The third-order valence-corrected chi connectivity index (χ3v) is 3.54. The highest BCUT2D eigenvalue weighted by Crippen LogP contribution is 2.25. The third-order valence-electron chi connectivity index (χ3n) is 3.34. The Morgan fingerprint density at radius 3 is 2.40 bits per heavy atom. The van der Waals surface area contributed by atoms with Crippen LogP contribution in [0.3, 0.4) is 0 Å². The third kappa shape index (κ3) is 5.50. The zero-order chi connectivity index (χ0) is 18.4. The molecule has 128 valence electrons. The van der Waals surface area contributed by atoms with Crippen LogP contribution < -0.4 is 10.6 Å². The van der Waals surface area contributed by atoms with E-state index in [0.29, 0.717) is 0 Å².